The van der Waals surface area contributed by atoms with Crippen LogP contribution in [0.3, 0.4) is 0 Å². The smallest absolute Gasteiger partial charge is 0.253 e. The molecule has 1 atom stereocenters. The van der Waals surface area contributed by atoms with Gasteiger partial charge in [0, 0.05) is 30.9 Å². The van der Waals surface area contributed by atoms with Gasteiger partial charge in [-0.1, -0.05) is 6.92 Å². The first-order valence-corrected chi connectivity index (χ1v) is 7.52. The van der Waals surface area contributed by atoms with Gasteiger partial charge in [0.1, 0.15) is 0 Å². The van der Waals surface area contributed by atoms with Crippen molar-refractivity contribution in [3.63, 3.8) is 0 Å². The van der Waals surface area contributed by atoms with Gasteiger partial charge in [-0.3, -0.25) is 4.79 Å². The number of amides is 1. The molecule has 1 aromatic carbocycles. The van der Waals surface area contributed by atoms with E-state index < -0.39 is 6.10 Å². The number of aliphatic hydroxyl groups is 2. The lowest BCUT2D eigenvalue weighted by atomic mass is 9.98. The van der Waals surface area contributed by atoms with Gasteiger partial charge in [-0.15, -0.1) is 0 Å². The number of likely N-dealkylation sites (tertiary alicyclic amines) is 1. The van der Waals surface area contributed by atoms with Gasteiger partial charge in [0.05, 0.1) is 12.7 Å². The van der Waals surface area contributed by atoms with Crippen molar-refractivity contribution in [1.29, 1.82) is 0 Å². The molecule has 0 bridgehead atoms. The molecular formula is C16H24N2O3. The topological polar surface area (TPSA) is 72.8 Å². The number of benzene rings is 1. The standard InChI is InChI=1S/C16H24N2O3/c1-12-6-8-18(9-7-12)16(21)13-2-4-14(5-3-13)17-10-15(20)11-19/h2-5,12,15,17,19-20H,6-11H2,1H3. The minimum Gasteiger partial charge on any atom is -0.394 e. The van der Waals surface area contributed by atoms with E-state index in [1.54, 1.807) is 12.1 Å². The monoisotopic (exact) mass is 292 g/mol. The summed E-state index contributed by atoms with van der Waals surface area (Å²) in [4.78, 5) is 14.3. The van der Waals surface area contributed by atoms with E-state index in [0.29, 0.717) is 11.5 Å². The molecule has 1 fully saturated rings. The molecule has 1 aromatic rings. The van der Waals surface area contributed by atoms with Crippen molar-refractivity contribution in [2.45, 2.75) is 25.9 Å². The van der Waals surface area contributed by atoms with Crippen molar-refractivity contribution < 1.29 is 15.0 Å². The first-order valence-electron chi connectivity index (χ1n) is 7.52. The molecule has 1 aliphatic rings. The molecule has 116 valence electrons. The molecule has 1 saturated heterocycles. The van der Waals surface area contributed by atoms with Crippen LogP contribution in [0.2, 0.25) is 0 Å². The Bertz CT molecular complexity index is 453. The van der Waals surface area contributed by atoms with E-state index in [1.807, 2.05) is 17.0 Å². The van der Waals surface area contributed by atoms with Crippen LogP contribution in [0.15, 0.2) is 24.3 Å². The summed E-state index contributed by atoms with van der Waals surface area (Å²) < 4.78 is 0. The average molecular weight is 292 g/mol. The lowest BCUT2D eigenvalue weighted by Gasteiger charge is -2.30. The van der Waals surface area contributed by atoms with Gasteiger partial charge in [-0.05, 0) is 43.0 Å². The molecule has 2 rings (SSSR count). The van der Waals surface area contributed by atoms with E-state index in [4.69, 9.17) is 5.11 Å². The highest BCUT2D eigenvalue weighted by molar-refractivity contribution is 5.94. The lowest BCUT2D eigenvalue weighted by Crippen LogP contribution is -2.37. The van der Waals surface area contributed by atoms with Crippen LogP contribution in [0.4, 0.5) is 5.69 Å². The molecule has 3 N–H and O–H groups in total. The van der Waals surface area contributed by atoms with E-state index in [-0.39, 0.29) is 19.1 Å². The van der Waals surface area contributed by atoms with Crippen LogP contribution in [0.1, 0.15) is 30.1 Å². The second kappa shape index (κ2) is 7.43. The summed E-state index contributed by atoms with van der Waals surface area (Å²) in [5.74, 6) is 0.794. The Morgan fingerprint density at radius 2 is 1.95 bits per heavy atom. The molecule has 1 unspecified atom stereocenters. The number of rotatable bonds is 5. The highest BCUT2D eigenvalue weighted by atomic mass is 16.3. The molecule has 0 saturated carbocycles. The van der Waals surface area contributed by atoms with Gasteiger partial charge in [0.2, 0.25) is 0 Å². The number of hydrogen-bond donors (Lipinski definition) is 3. The maximum atomic E-state index is 12.4. The number of aliphatic hydroxyl groups excluding tert-OH is 2. The minimum absolute atomic E-state index is 0.0869. The van der Waals surface area contributed by atoms with Crippen LogP contribution in [-0.4, -0.2) is 53.4 Å². The summed E-state index contributed by atoms with van der Waals surface area (Å²) >= 11 is 0. The van der Waals surface area contributed by atoms with Crippen molar-refractivity contribution in [3.8, 4) is 0 Å². The van der Waals surface area contributed by atoms with E-state index in [9.17, 15) is 9.90 Å². The lowest BCUT2D eigenvalue weighted by molar-refractivity contribution is 0.0697. The van der Waals surface area contributed by atoms with E-state index in [1.165, 1.54) is 0 Å². The van der Waals surface area contributed by atoms with Gasteiger partial charge in [0.15, 0.2) is 0 Å². The third-order valence-electron chi connectivity index (χ3n) is 3.96. The second-order valence-corrected chi connectivity index (χ2v) is 5.77. The molecule has 1 aliphatic heterocycles. The highest BCUT2D eigenvalue weighted by Crippen LogP contribution is 2.19. The molecule has 1 amide bonds. The van der Waals surface area contributed by atoms with Crippen molar-refractivity contribution >= 4 is 11.6 Å². The second-order valence-electron chi connectivity index (χ2n) is 5.77. The normalized spacial score (nSPS) is 17.6. The van der Waals surface area contributed by atoms with E-state index in [2.05, 4.69) is 12.2 Å². The van der Waals surface area contributed by atoms with Crippen molar-refractivity contribution in [1.82, 2.24) is 4.90 Å². The van der Waals surface area contributed by atoms with Crippen molar-refractivity contribution in [2.24, 2.45) is 5.92 Å². The summed E-state index contributed by atoms with van der Waals surface area (Å²) in [6.07, 6.45) is 1.37. The maximum Gasteiger partial charge on any atom is 0.253 e. The summed E-state index contributed by atoms with van der Waals surface area (Å²) in [5.41, 5.74) is 1.52. The molecule has 0 spiro atoms. The number of nitrogens with one attached hydrogen (secondary N) is 1. The number of piperidine rings is 1. The Morgan fingerprint density at radius 1 is 1.33 bits per heavy atom. The Labute approximate surface area is 125 Å². The fraction of sp³-hybridized carbons (Fsp3) is 0.562. The predicted molar refractivity (Wildman–Crippen MR) is 82.3 cm³/mol. The molecule has 5 heteroatoms. The van der Waals surface area contributed by atoms with Crippen LogP contribution < -0.4 is 5.32 Å². The van der Waals surface area contributed by atoms with Gasteiger partial charge < -0.3 is 20.4 Å². The third kappa shape index (κ3) is 4.44. The fourth-order valence-corrected chi connectivity index (χ4v) is 2.43. The van der Waals surface area contributed by atoms with E-state index >= 15 is 0 Å². The first-order chi connectivity index (χ1) is 10.1. The average Bonchev–Trinajstić information content (AvgIpc) is 2.53. The molecule has 21 heavy (non-hydrogen) atoms. The number of nitrogens with zero attached hydrogens (tertiary/aromatic N) is 1. The van der Waals surface area contributed by atoms with Crippen molar-refractivity contribution in [3.05, 3.63) is 29.8 Å². The summed E-state index contributed by atoms with van der Waals surface area (Å²) in [6.45, 7) is 3.92. The number of carbonyl (C=O) groups excluding carboxylic acids is 1. The van der Waals surface area contributed by atoms with Gasteiger partial charge in [-0.2, -0.15) is 0 Å². The number of hydrogen-bond acceptors (Lipinski definition) is 4. The summed E-state index contributed by atoms with van der Waals surface area (Å²) in [7, 11) is 0. The Kier molecular flexibility index (Phi) is 5.59. The molecule has 0 radical (unpaired) electrons. The Morgan fingerprint density at radius 3 is 2.52 bits per heavy atom. The molecule has 0 aliphatic carbocycles. The molecular weight excluding hydrogens is 268 g/mol. The van der Waals surface area contributed by atoms with Crippen LogP contribution in [-0.2, 0) is 0 Å². The zero-order valence-corrected chi connectivity index (χ0v) is 12.5. The minimum atomic E-state index is -0.776. The van der Waals surface area contributed by atoms with Gasteiger partial charge in [0.25, 0.3) is 5.91 Å². The van der Waals surface area contributed by atoms with Crippen molar-refractivity contribution in [2.75, 3.05) is 31.6 Å². The van der Waals surface area contributed by atoms with Gasteiger partial charge in [-0.25, -0.2) is 0 Å². The maximum absolute atomic E-state index is 12.4. The first kappa shape index (κ1) is 15.8. The van der Waals surface area contributed by atoms with Crippen LogP contribution in [0, 0.1) is 5.92 Å². The molecule has 1 heterocycles. The van der Waals surface area contributed by atoms with Crippen LogP contribution >= 0.6 is 0 Å². The number of anilines is 1. The zero-order valence-electron chi connectivity index (χ0n) is 12.5. The Hall–Kier alpha value is -1.59. The Balaban J connectivity index is 1.90. The fourth-order valence-electron chi connectivity index (χ4n) is 2.43. The number of carbonyl (C=O) groups is 1. The summed E-state index contributed by atoms with van der Waals surface area (Å²) in [6, 6.07) is 7.25. The SMILES string of the molecule is CC1CCN(C(=O)c2ccc(NCC(O)CO)cc2)CC1. The molecule has 5 nitrogen and oxygen atoms in total. The van der Waals surface area contributed by atoms with Crippen LogP contribution in [0.5, 0.6) is 0 Å². The zero-order chi connectivity index (χ0) is 15.2. The van der Waals surface area contributed by atoms with E-state index in [0.717, 1.165) is 31.6 Å². The highest BCUT2D eigenvalue weighted by Gasteiger charge is 2.21. The van der Waals surface area contributed by atoms with Gasteiger partial charge >= 0.3 is 0 Å². The molecule has 0 aromatic heterocycles. The predicted octanol–water partition coefficient (Wildman–Crippen LogP) is 1.32. The summed E-state index contributed by atoms with van der Waals surface area (Å²) in [5, 5.41) is 21.0. The largest absolute Gasteiger partial charge is 0.394 e. The quantitative estimate of drug-likeness (QED) is 0.765. The third-order valence-corrected chi connectivity index (χ3v) is 3.96. The van der Waals surface area contributed by atoms with Crippen LogP contribution in [0.25, 0.3) is 0 Å².